The number of rotatable bonds is 7. The predicted molar refractivity (Wildman–Crippen MR) is 106 cm³/mol. The van der Waals surface area contributed by atoms with E-state index < -0.39 is 5.97 Å². The van der Waals surface area contributed by atoms with Gasteiger partial charge in [-0.25, -0.2) is 4.79 Å². The molecular formula is C21H30N4O4. The van der Waals surface area contributed by atoms with Crippen LogP contribution in [0, 0.1) is 11.8 Å². The summed E-state index contributed by atoms with van der Waals surface area (Å²) in [4.78, 5) is 38.4. The van der Waals surface area contributed by atoms with Crippen LogP contribution in [0.2, 0.25) is 0 Å². The second-order valence-electron chi connectivity index (χ2n) is 8.17. The van der Waals surface area contributed by atoms with Crippen LogP contribution in [0.15, 0.2) is 30.3 Å². The van der Waals surface area contributed by atoms with Crippen LogP contribution in [0.1, 0.15) is 32.1 Å². The molecule has 2 aliphatic rings. The fourth-order valence-corrected chi connectivity index (χ4v) is 4.72. The lowest BCUT2D eigenvalue weighted by Crippen LogP contribution is -3.15. The number of para-hydroxylation sites is 1. The molecule has 2 heterocycles. The van der Waals surface area contributed by atoms with Crippen LogP contribution >= 0.6 is 0 Å². The third-order valence-corrected chi connectivity index (χ3v) is 6.30. The average molecular weight is 402 g/mol. The number of aliphatic carboxylic acids is 1. The number of primary amides is 1. The third-order valence-electron chi connectivity index (χ3n) is 6.30. The van der Waals surface area contributed by atoms with Gasteiger partial charge in [0.15, 0.2) is 6.04 Å². The maximum Gasteiger partial charge on any atom is 0.321 e. The van der Waals surface area contributed by atoms with E-state index in [0.29, 0.717) is 19.5 Å². The summed E-state index contributed by atoms with van der Waals surface area (Å²) in [6.07, 6.45) is 3.18. The molecule has 4 N–H and O–H groups in total. The third kappa shape index (κ3) is 5.69. The summed E-state index contributed by atoms with van der Waals surface area (Å²) in [7, 11) is 0. The zero-order valence-electron chi connectivity index (χ0n) is 16.6. The van der Waals surface area contributed by atoms with Crippen LogP contribution in [0.25, 0.3) is 0 Å². The molecule has 0 saturated carbocycles. The number of piperidine rings is 1. The minimum Gasteiger partial charge on any atom is -0.550 e. The Morgan fingerprint density at radius 1 is 1.17 bits per heavy atom. The molecule has 8 heteroatoms. The lowest BCUT2D eigenvalue weighted by Gasteiger charge is -2.39. The minimum atomic E-state index is -1.05. The van der Waals surface area contributed by atoms with E-state index in [1.54, 1.807) is 4.90 Å². The van der Waals surface area contributed by atoms with E-state index in [-0.39, 0.29) is 36.2 Å². The van der Waals surface area contributed by atoms with Crippen molar-refractivity contribution in [3.8, 4) is 0 Å². The van der Waals surface area contributed by atoms with E-state index >= 15 is 0 Å². The number of anilines is 1. The topological polar surface area (TPSA) is 120 Å². The number of benzene rings is 1. The van der Waals surface area contributed by atoms with Gasteiger partial charge in [-0.1, -0.05) is 18.2 Å². The maximum atomic E-state index is 12.7. The highest BCUT2D eigenvalue weighted by molar-refractivity contribution is 5.89. The van der Waals surface area contributed by atoms with E-state index in [1.807, 2.05) is 30.3 Å². The van der Waals surface area contributed by atoms with Crippen LogP contribution in [0.5, 0.6) is 0 Å². The predicted octanol–water partition coefficient (Wildman–Crippen LogP) is -0.781. The monoisotopic (exact) mass is 402 g/mol. The smallest absolute Gasteiger partial charge is 0.321 e. The van der Waals surface area contributed by atoms with Crippen molar-refractivity contribution >= 4 is 23.6 Å². The molecule has 0 bridgehead atoms. The maximum absolute atomic E-state index is 12.7. The number of likely N-dealkylation sites (tertiary alicyclic amines) is 2. The number of nitrogens with two attached hydrogens (primary N) is 1. The fraction of sp³-hybridized carbons (Fsp3) is 0.571. The first kappa shape index (κ1) is 21.1. The number of hydrogen-bond acceptors (Lipinski definition) is 4. The molecule has 0 aromatic heterocycles. The Hall–Kier alpha value is -2.61. The first-order chi connectivity index (χ1) is 13.9. The number of amides is 3. The molecule has 158 valence electrons. The Labute approximate surface area is 171 Å². The van der Waals surface area contributed by atoms with Crippen LogP contribution in [-0.4, -0.2) is 55.0 Å². The van der Waals surface area contributed by atoms with Crippen molar-refractivity contribution in [2.75, 3.05) is 31.5 Å². The normalized spacial score (nSPS) is 26.8. The van der Waals surface area contributed by atoms with Gasteiger partial charge in [-0.2, -0.15) is 0 Å². The van der Waals surface area contributed by atoms with Gasteiger partial charge in [0.05, 0.1) is 13.1 Å². The second kappa shape index (κ2) is 9.73. The highest BCUT2D eigenvalue weighted by atomic mass is 16.4. The molecule has 3 rings (SSSR count). The summed E-state index contributed by atoms with van der Waals surface area (Å²) < 4.78 is 0. The number of carbonyl (C=O) groups is 3. The van der Waals surface area contributed by atoms with Crippen molar-refractivity contribution in [1.82, 2.24) is 4.90 Å². The molecule has 0 spiro atoms. The average Bonchev–Trinajstić information content (AvgIpc) is 3.16. The Balaban J connectivity index is 1.61. The first-order valence-electron chi connectivity index (χ1n) is 10.4. The number of nitrogens with one attached hydrogen (secondary N) is 2. The van der Waals surface area contributed by atoms with Crippen molar-refractivity contribution in [2.24, 2.45) is 17.6 Å². The second-order valence-corrected chi connectivity index (χ2v) is 8.17. The van der Waals surface area contributed by atoms with Crippen molar-refractivity contribution in [3.63, 3.8) is 0 Å². The van der Waals surface area contributed by atoms with Crippen molar-refractivity contribution in [3.05, 3.63) is 30.3 Å². The Morgan fingerprint density at radius 2 is 1.93 bits per heavy atom. The van der Waals surface area contributed by atoms with E-state index in [0.717, 1.165) is 38.0 Å². The summed E-state index contributed by atoms with van der Waals surface area (Å²) in [5.74, 6) is -1.28. The molecule has 1 unspecified atom stereocenters. The number of carbonyl (C=O) groups excluding carboxylic acids is 3. The van der Waals surface area contributed by atoms with Crippen LogP contribution in [-0.2, 0) is 9.59 Å². The Morgan fingerprint density at radius 3 is 2.62 bits per heavy atom. The van der Waals surface area contributed by atoms with Gasteiger partial charge in [0, 0.05) is 44.0 Å². The zero-order chi connectivity index (χ0) is 20.8. The summed E-state index contributed by atoms with van der Waals surface area (Å²) in [6.45, 7) is 2.69. The number of carboxylic acid groups (broad SMARTS) is 1. The van der Waals surface area contributed by atoms with Gasteiger partial charge in [0.1, 0.15) is 0 Å². The van der Waals surface area contributed by atoms with Gasteiger partial charge in [-0.15, -0.1) is 0 Å². The van der Waals surface area contributed by atoms with Crippen molar-refractivity contribution < 1.29 is 24.4 Å². The van der Waals surface area contributed by atoms with E-state index in [4.69, 9.17) is 5.73 Å². The van der Waals surface area contributed by atoms with E-state index in [1.165, 1.54) is 4.90 Å². The molecule has 0 aliphatic carbocycles. The molecule has 2 saturated heterocycles. The van der Waals surface area contributed by atoms with Crippen LogP contribution < -0.4 is 21.1 Å². The van der Waals surface area contributed by atoms with E-state index in [9.17, 15) is 19.5 Å². The summed E-state index contributed by atoms with van der Waals surface area (Å²) >= 11 is 0. The standard InChI is InChI=1S/C21H30N4O4/c22-20(28)18-7-4-10-24(18)11-9-16-14-25(12-8-15(16)13-19(26)27)21(29)23-17-5-2-1-3-6-17/h1-3,5-6,15-16,18H,4,7-14H2,(H2,22,28)(H,23,29)(H,26,27)/t15-,16-,18-/m0/s1. The van der Waals surface area contributed by atoms with Crippen LogP contribution in [0.4, 0.5) is 10.5 Å². The van der Waals surface area contributed by atoms with Crippen LogP contribution in [0.3, 0.4) is 0 Å². The lowest BCUT2D eigenvalue weighted by atomic mass is 9.81. The van der Waals surface area contributed by atoms with Gasteiger partial charge >= 0.3 is 6.03 Å². The van der Waals surface area contributed by atoms with Gasteiger partial charge in [0.25, 0.3) is 5.91 Å². The molecule has 0 radical (unpaired) electrons. The van der Waals surface area contributed by atoms with Crippen molar-refractivity contribution in [1.29, 1.82) is 0 Å². The Kier molecular flexibility index (Phi) is 7.09. The molecule has 4 atom stereocenters. The molecule has 2 fully saturated rings. The van der Waals surface area contributed by atoms with Gasteiger partial charge in [0.2, 0.25) is 0 Å². The molecule has 8 nitrogen and oxygen atoms in total. The zero-order valence-corrected chi connectivity index (χ0v) is 16.6. The highest BCUT2D eigenvalue weighted by Gasteiger charge is 2.36. The Bertz CT molecular complexity index is 727. The highest BCUT2D eigenvalue weighted by Crippen LogP contribution is 2.29. The molecule has 1 aromatic rings. The number of urea groups is 1. The number of quaternary nitrogens is 1. The SMILES string of the molecule is NC(=O)[C@@H]1CCC[NH+]1CC[C@H]1CN(C(=O)Nc2ccccc2)CC[C@H]1CC(=O)[O-]. The number of nitrogens with zero attached hydrogens (tertiary/aromatic N) is 1. The summed E-state index contributed by atoms with van der Waals surface area (Å²) in [5.41, 5.74) is 6.25. The lowest BCUT2D eigenvalue weighted by molar-refractivity contribution is -0.903. The number of hydrogen-bond donors (Lipinski definition) is 3. The minimum absolute atomic E-state index is 0.00733. The molecular weight excluding hydrogens is 372 g/mol. The van der Waals surface area contributed by atoms with Gasteiger partial charge in [-0.3, -0.25) is 4.79 Å². The largest absolute Gasteiger partial charge is 0.550 e. The fourth-order valence-electron chi connectivity index (χ4n) is 4.72. The van der Waals surface area contributed by atoms with Crippen molar-refractivity contribution in [2.45, 2.75) is 38.1 Å². The summed E-state index contributed by atoms with van der Waals surface area (Å²) in [5, 5.41) is 14.1. The first-order valence-corrected chi connectivity index (χ1v) is 10.4. The molecule has 3 amide bonds. The van der Waals surface area contributed by atoms with Gasteiger partial charge in [-0.05, 0) is 36.8 Å². The van der Waals surface area contributed by atoms with E-state index in [2.05, 4.69) is 5.32 Å². The molecule has 1 aromatic carbocycles. The number of carboxylic acids is 1. The summed E-state index contributed by atoms with van der Waals surface area (Å²) in [6, 6.07) is 8.94. The molecule has 29 heavy (non-hydrogen) atoms. The van der Waals surface area contributed by atoms with Gasteiger partial charge < -0.3 is 30.8 Å². The molecule has 2 aliphatic heterocycles. The quantitative estimate of drug-likeness (QED) is 0.554.